The molecule has 8 nitrogen and oxygen atoms in total. The van der Waals surface area contributed by atoms with E-state index >= 15 is 0 Å². The van der Waals surface area contributed by atoms with Gasteiger partial charge in [-0.15, -0.1) is 0 Å². The second-order valence-corrected chi connectivity index (χ2v) is 7.55. The number of hydrogen-bond donors (Lipinski definition) is 4. The first kappa shape index (κ1) is 19.5. The average Bonchev–Trinajstić information content (AvgIpc) is 2.49. The van der Waals surface area contributed by atoms with Crippen LogP contribution >= 0.6 is 11.6 Å². The summed E-state index contributed by atoms with van der Waals surface area (Å²) in [5, 5.41) is -0.0129. The molecule has 26 heavy (non-hydrogen) atoms. The molecule has 0 aliphatic carbocycles. The zero-order valence-corrected chi connectivity index (χ0v) is 15.8. The minimum Gasteiger partial charge on any atom is -0.370 e. The van der Waals surface area contributed by atoms with Crippen LogP contribution in [0.4, 0.5) is 11.4 Å². The molecule has 0 unspecified atom stereocenters. The fourth-order valence-corrected chi connectivity index (χ4v) is 4.06. The molecule has 0 fully saturated rings. The van der Waals surface area contributed by atoms with Gasteiger partial charge in [-0.3, -0.25) is 4.72 Å². The molecule has 0 amide bonds. The summed E-state index contributed by atoms with van der Waals surface area (Å²) in [6.07, 6.45) is 0. The van der Waals surface area contributed by atoms with Gasteiger partial charge >= 0.3 is 0 Å². The molecule has 7 N–H and O–H groups in total. The van der Waals surface area contributed by atoms with Crippen LogP contribution in [-0.2, 0) is 10.0 Å². The molecule has 0 bridgehead atoms. The van der Waals surface area contributed by atoms with Gasteiger partial charge < -0.3 is 17.2 Å². The van der Waals surface area contributed by atoms with Gasteiger partial charge in [0.1, 0.15) is 4.90 Å². The summed E-state index contributed by atoms with van der Waals surface area (Å²) in [5.74, 6) is -0.596. The minimum absolute atomic E-state index is 0.0114. The summed E-state index contributed by atoms with van der Waals surface area (Å²) in [4.78, 5) is 7.30. The van der Waals surface area contributed by atoms with E-state index in [1.54, 1.807) is 25.1 Å². The number of rotatable bonds is 4. The minimum atomic E-state index is -4.04. The Bertz CT molecular complexity index is 998. The Hall–Kier alpha value is -2.78. The molecule has 0 aromatic heterocycles. The molecule has 0 spiro atoms. The summed E-state index contributed by atoms with van der Waals surface area (Å²) in [6.45, 7) is 3.71. The van der Waals surface area contributed by atoms with Gasteiger partial charge in [-0.1, -0.05) is 35.4 Å². The normalized spacial score (nSPS) is 11.9. The van der Waals surface area contributed by atoms with Gasteiger partial charge in [-0.2, -0.15) is 4.99 Å². The Morgan fingerprint density at radius 1 is 1.12 bits per heavy atom. The van der Waals surface area contributed by atoms with Gasteiger partial charge in [0.2, 0.25) is 5.96 Å². The zero-order valence-electron chi connectivity index (χ0n) is 14.2. The van der Waals surface area contributed by atoms with Crippen LogP contribution in [0.15, 0.2) is 51.3 Å². The third-order valence-electron chi connectivity index (χ3n) is 3.32. The summed E-state index contributed by atoms with van der Waals surface area (Å²) >= 11 is 6.12. The predicted molar refractivity (Wildman–Crippen MR) is 105 cm³/mol. The first-order valence-corrected chi connectivity index (χ1v) is 9.28. The van der Waals surface area contributed by atoms with E-state index in [9.17, 15) is 8.42 Å². The molecule has 0 atom stereocenters. The average molecular weight is 395 g/mol. The van der Waals surface area contributed by atoms with Gasteiger partial charge in [0, 0.05) is 0 Å². The Balaban J connectivity index is 2.54. The van der Waals surface area contributed by atoms with Crippen LogP contribution in [0.25, 0.3) is 0 Å². The highest BCUT2D eigenvalue weighted by Gasteiger charge is 2.23. The SMILES string of the molecule is Cc1ccc(NS(=O)(=O)c2c(Cl)cccc2N=C(N)N=C(N)N)c(C)c1. The Morgan fingerprint density at radius 3 is 2.42 bits per heavy atom. The van der Waals surface area contributed by atoms with E-state index in [4.69, 9.17) is 28.8 Å². The Labute approximate surface area is 156 Å². The lowest BCUT2D eigenvalue weighted by Gasteiger charge is -2.14. The largest absolute Gasteiger partial charge is 0.370 e. The highest BCUT2D eigenvalue weighted by Crippen LogP contribution is 2.33. The standard InChI is InChI=1S/C16H19ClN6O2S/c1-9-6-7-12(10(2)8-9)23-26(24,25)14-11(17)4-3-5-13(14)21-16(20)22-15(18)19/h3-8,23H,1-2H3,(H6,18,19,20,21,22). The molecule has 138 valence electrons. The first-order chi connectivity index (χ1) is 12.1. The molecule has 0 radical (unpaired) electrons. The maximum atomic E-state index is 12.9. The van der Waals surface area contributed by atoms with E-state index in [2.05, 4.69) is 14.7 Å². The van der Waals surface area contributed by atoms with E-state index < -0.39 is 10.0 Å². The van der Waals surface area contributed by atoms with Crippen molar-refractivity contribution >= 4 is 44.9 Å². The summed E-state index contributed by atoms with van der Waals surface area (Å²) in [6, 6.07) is 9.76. The molecule has 0 heterocycles. The van der Waals surface area contributed by atoms with Crippen LogP contribution in [0.3, 0.4) is 0 Å². The van der Waals surface area contributed by atoms with E-state index in [0.29, 0.717) is 5.69 Å². The number of aliphatic imine (C=N–C) groups is 2. The summed E-state index contributed by atoms with van der Waals surface area (Å²) in [5.41, 5.74) is 18.3. The van der Waals surface area contributed by atoms with Crippen molar-refractivity contribution in [1.29, 1.82) is 0 Å². The zero-order chi connectivity index (χ0) is 19.5. The molecule has 2 aromatic rings. The van der Waals surface area contributed by atoms with Crippen molar-refractivity contribution in [3.8, 4) is 0 Å². The fraction of sp³-hybridized carbons (Fsp3) is 0.125. The maximum absolute atomic E-state index is 12.9. The van der Waals surface area contributed by atoms with Crippen LogP contribution in [-0.4, -0.2) is 20.3 Å². The van der Waals surface area contributed by atoms with Gasteiger partial charge in [0.05, 0.1) is 16.4 Å². The highest BCUT2D eigenvalue weighted by atomic mass is 35.5. The molecule has 2 rings (SSSR count). The van der Waals surface area contributed by atoms with Crippen molar-refractivity contribution in [2.24, 2.45) is 27.2 Å². The predicted octanol–water partition coefficient (Wildman–Crippen LogP) is 1.98. The van der Waals surface area contributed by atoms with Crippen molar-refractivity contribution in [3.63, 3.8) is 0 Å². The molecule has 0 aliphatic rings. The van der Waals surface area contributed by atoms with E-state index in [1.165, 1.54) is 12.1 Å². The molecule has 2 aromatic carbocycles. The third kappa shape index (κ3) is 4.64. The molecule has 0 saturated carbocycles. The van der Waals surface area contributed by atoms with Crippen molar-refractivity contribution in [1.82, 2.24) is 0 Å². The van der Waals surface area contributed by atoms with E-state index in [1.807, 2.05) is 13.0 Å². The molecular formula is C16H19ClN6O2S. The number of guanidine groups is 2. The number of halogens is 1. The number of nitrogens with zero attached hydrogens (tertiary/aromatic N) is 2. The smallest absolute Gasteiger partial charge is 0.265 e. The number of hydrogen-bond acceptors (Lipinski definition) is 3. The van der Waals surface area contributed by atoms with Gasteiger partial charge in [0.15, 0.2) is 5.96 Å². The van der Waals surface area contributed by atoms with Gasteiger partial charge in [-0.05, 0) is 37.6 Å². The van der Waals surface area contributed by atoms with Crippen molar-refractivity contribution in [2.75, 3.05) is 4.72 Å². The Morgan fingerprint density at radius 2 is 1.81 bits per heavy atom. The van der Waals surface area contributed by atoms with Crippen molar-refractivity contribution in [2.45, 2.75) is 18.7 Å². The van der Waals surface area contributed by atoms with Crippen LogP contribution in [0.1, 0.15) is 11.1 Å². The number of anilines is 1. The van der Waals surface area contributed by atoms with Crippen LogP contribution in [0.2, 0.25) is 5.02 Å². The maximum Gasteiger partial charge on any atom is 0.265 e. The van der Waals surface area contributed by atoms with Gasteiger partial charge in [0.25, 0.3) is 10.0 Å². The number of sulfonamides is 1. The Kier molecular flexibility index (Phi) is 5.73. The van der Waals surface area contributed by atoms with Gasteiger partial charge in [-0.25, -0.2) is 13.4 Å². The molecule has 0 aliphatic heterocycles. The van der Waals surface area contributed by atoms with E-state index in [-0.39, 0.29) is 27.5 Å². The van der Waals surface area contributed by atoms with E-state index in [0.717, 1.165) is 11.1 Å². The molecular weight excluding hydrogens is 376 g/mol. The first-order valence-electron chi connectivity index (χ1n) is 7.42. The highest BCUT2D eigenvalue weighted by molar-refractivity contribution is 7.93. The lowest BCUT2D eigenvalue weighted by molar-refractivity contribution is 0.601. The molecule has 10 heteroatoms. The fourth-order valence-electron chi connectivity index (χ4n) is 2.26. The van der Waals surface area contributed by atoms with Crippen LogP contribution in [0, 0.1) is 13.8 Å². The number of aryl methyl sites for hydroxylation is 2. The van der Waals surface area contributed by atoms with Crippen molar-refractivity contribution < 1.29 is 8.42 Å². The molecule has 0 saturated heterocycles. The lowest BCUT2D eigenvalue weighted by atomic mass is 10.1. The number of nitrogens with one attached hydrogen (secondary N) is 1. The summed E-state index contributed by atoms with van der Waals surface area (Å²) in [7, 11) is -4.04. The second kappa shape index (κ2) is 7.63. The summed E-state index contributed by atoms with van der Waals surface area (Å²) < 4.78 is 28.3. The topological polar surface area (TPSA) is 149 Å². The number of benzene rings is 2. The van der Waals surface area contributed by atoms with Crippen molar-refractivity contribution in [3.05, 3.63) is 52.5 Å². The van der Waals surface area contributed by atoms with Crippen LogP contribution in [0.5, 0.6) is 0 Å². The third-order valence-corrected chi connectivity index (χ3v) is 5.20. The number of nitrogens with two attached hydrogens (primary N) is 3. The second-order valence-electron chi connectivity index (χ2n) is 5.52. The van der Waals surface area contributed by atoms with Crippen LogP contribution < -0.4 is 21.9 Å². The monoisotopic (exact) mass is 394 g/mol. The lowest BCUT2D eigenvalue weighted by Crippen LogP contribution is -2.26. The quantitative estimate of drug-likeness (QED) is 0.462.